The number of aromatic nitrogens is 2. The highest BCUT2D eigenvalue weighted by atomic mass is 16.1. The number of nitrogens with zero attached hydrogens (tertiary/aromatic N) is 3. The van der Waals surface area contributed by atoms with Crippen molar-refractivity contribution < 1.29 is 4.79 Å². The van der Waals surface area contributed by atoms with Gasteiger partial charge in [-0.1, -0.05) is 0 Å². The zero-order valence-electron chi connectivity index (χ0n) is 9.47. The summed E-state index contributed by atoms with van der Waals surface area (Å²) in [6.07, 6.45) is 4.70. The molecule has 0 radical (unpaired) electrons. The van der Waals surface area contributed by atoms with Crippen LogP contribution in [0, 0.1) is 0 Å². The van der Waals surface area contributed by atoms with Crippen molar-refractivity contribution >= 4 is 22.5 Å². The molecule has 0 amide bonds. The summed E-state index contributed by atoms with van der Waals surface area (Å²) >= 11 is 0. The molecule has 0 aliphatic carbocycles. The maximum atomic E-state index is 11.2. The zero-order valence-corrected chi connectivity index (χ0v) is 9.47. The summed E-state index contributed by atoms with van der Waals surface area (Å²) in [4.78, 5) is 22.0. The van der Waals surface area contributed by atoms with Crippen molar-refractivity contribution in [3.63, 3.8) is 0 Å². The first kappa shape index (κ1) is 10.2. The molecule has 2 aromatic rings. The quantitative estimate of drug-likeness (QED) is 0.745. The van der Waals surface area contributed by atoms with Gasteiger partial charge in [0.2, 0.25) is 0 Å². The lowest BCUT2D eigenvalue weighted by molar-refractivity contribution is -0.119. The van der Waals surface area contributed by atoms with E-state index >= 15 is 0 Å². The van der Waals surface area contributed by atoms with Gasteiger partial charge in [0.1, 0.15) is 5.78 Å². The lowest BCUT2D eigenvalue weighted by Gasteiger charge is -2.28. The Morgan fingerprint density at radius 3 is 2.47 bits per heavy atom. The number of benzene rings is 1. The molecule has 17 heavy (non-hydrogen) atoms. The summed E-state index contributed by atoms with van der Waals surface area (Å²) in [5.41, 5.74) is 2.94. The molecule has 4 heteroatoms. The molecule has 1 fully saturated rings. The Bertz CT molecular complexity index is 557. The van der Waals surface area contributed by atoms with Crippen molar-refractivity contribution in [1.29, 1.82) is 0 Å². The number of piperidine rings is 1. The molecular weight excluding hydrogens is 214 g/mol. The smallest absolute Gasteiger partial charge is 0.136 e. The molecule has 2 heterocycles. The second kappa shape index (κ2) is 4.13. The van der Waals surface area contributed by atoms with Crippen LogP contribution in [0.4, 0.5) is 5.69 Å². The van der Waals surface area contributed by atoms with Gasteiger partial charge in [-0.2, -0.15) is 0 Å². The van der Waals surface area contributed by atoms with E-state index in [0.717, 1.165) is 29.8 Å². The molecule has 0 atom stereocenters. The van der Waals surface area contributed by atoms with Gasteiger partial charge in [0.05, 0.1) is 11.0 Å². The number of rotatable bonds is 1. The first-order valence-electron chi connectivity index (χ1n) is 5.80. The Balaban J connectivity index is 1.92. The Labute approximate surface area is 99.3 Å². The van der Waals surface area contributed by atoms with Gasteiger partial charge in [0.25, 0.3) is 0 Å². The first-order chi connectivity index (χ1) is 8.33. The molecule has 1 saturated heterocycles. The van der Waals surface area contributed by atoms with Crippen LogP contribution in [0.1, 0.15) is 12.8 Å². The van der Waals surface area contributed by atoms with E-state index in [0.29, 0.717) is 18.6 Å². The lowest BCUT2D eigenvalue weighted by atomic mass is 10.1. The molecular formula is C13H13N3O. The third-order valence-electron chi connectivity index (χ3n) is 3.14. The van der Waals surface area contributed by atoms with Gasteiger partial charge in [-0.25, -0.2) is 0 Å². The van der Waals surface area contributed by atoms with Crippen LogP contribution in [-0.2, 0) is 4.79 Å². The number of hydrogen-bond acceptors (Lipinski definition) is 4. The summed E-state index contributed by atoms with van der Waals surface area (Å²) in [7, 11) is 0. The molecule has 0 saturated carbocycles. The minimum atomic E-state index is 0.363. The molecule has 4 nitrogen and oxygen atoms in total. The molecule has 86 valence electrons. The maximum Gasteiger partial charge on any atom is 0.136 e. The number of Topliss-reactive ketones (excluding diaryl/α,β-unsaturated/α-hetero) is 1. The highest BCUT2D eigenvalue weighted by Crippen LogP contribution is 2.21. The number of ketones is 1. The third kappa shape index (κ3) is 1.98. The van der Waals surface area contributed by atoms with Gasteiger partial charge in [-0.3, -0.25) is 14.8 Å². The van der Waals surface area contributed by atoms with Gasteiger partial charge in [0.15, 0.2) is 0 Å². The summed E-state index contributed by atoms with van der Waals surface area (Å²) in [6.45, 7) is 1.62. The van der Waals surface area contributed by atoms with E-state index in [2.05, 4.69) is 14.9 Å². The van der Waals surface area contributed by atoms with Crippen LogP contribution in [0.3, 0.4) is 0 Å². The zero-order chi connectivity index (χ0) is 11.7. The molecule has 3 rings (SSSR count). The summed E-state index contributed by atoms with van der Waals surface area (Å²) in [5, 5.41) is 0. The highest BCUT2D eigenvalue weighted by molar-refractivity contribution is 5.82. The molecule has 1 aliphatic rings. The Kier molecular flexibility index (Phi) is 2.48. The topological polar surface area (TPSA) is 46.1 Å². The van der Waals surface area contributed by atoms with Gasteiger partial charge >= 0.3 is 0 Å². The monoisotopic (exact) mass is 227 g/mol. The number of hydrogen-bond donors (Lipinski definition) is 0. The normalized spacial score (nSPS) is 16.5. The van der Waals surface area contributed by atoms with Crippen molar-refractivity contribution in [3.8, 4) is 0 Å². The third-order valence-corrected chi connectivity index (χ3v) is 3.14. The van der Waals surface area contributed by atoms with E-state index in [9.17, 15) is 4.79 Å². The van der Waals surface area contributed by atoms with Gasteiger partial charge in [-0.05, 0) is 18.2 Å². The van der Waals surface area contributed by atoms with Crippen molar-refractivity contribution in [2.45, 2.75) is 12.8 Å². The average Bonchev–Trinajstić information content (AvgIpc) is 2.39. The fourth-order valence-corrected chi connectivity index (χ4v) is 2.16. The first-order valence-corrected chi connectivity index (χ1v) is 5.80. The number of carbonyl (C=O) groups is 1. The van der Waals surface area contributed by atoms with E-state index in [1.807, 2.05) is 18.2 Å². The van der Waals surface area contributed by atoms with Crippen LogP contribution in [-0.4, -0.2) is 28.8 Å². The summed E-state index contributed by atoms with van der Waals surface area (Å²) < 4.78 is 0. The largest absolute Gasteiger partial charge is 0.371 e. The molecule has 0 unspecified atom stereocenters. The van der Waals surface area contributed by atoms with Gasteiger partial charge < -0.3 is 4.90 Å². The fourth-order valence-electron chi connectivity index (χ4n) is 2.16. The molecule has 0 spiro atoms. The van der Waals surface area contributed by atoms with Crippen molar-refractivity contribution in [3.05, 3.63) is 30.6 Å². The van der Waals surface area contributed by atoms with Crippen molar-refractivity contribution in [2.24, 2.45) is 0 Å². The molecule has 1 aliphatic heterocycles. The Morgan fingerprint density at radius 2 is 1.71 bits per heavy atom. The van der Waals surface area contributed by atoms with E-state index in [-0.39, 0.29) is 0 Å². The predicted octanol–water partition coefficient (Wildman–Crippen LogP) is 1.80. The number of anilines is 1. The molecule has 1 aromatic carbocycles. The van der Waals surface area contributed by atoms with E-state index < -0.39 is 0 Å². The maximum absolute atomic E-state index is 11.2. The average molecular weight is 227 g/mol. The fraction of sp³-hybridized carbons (Fsp3) is 0.308. The molecule has 0 bridgehead atoms. The van der Waals surface area contributed by atoms with Crippen LogP contribution < -0.4 is 4.90 Å². The second-order valence-corrected chi connectivity index (χ2v) is 4.26. The second-order valence-electron chi connectivity index (χ2n) is 4.26. The van der Waals surface area contributed by atoms with Gasteiger partial charge in [-0.15, -0.1) is 0 Å². The SMILES string of the molecule is O=C1CCN(c2ccc3nccnc3c2)CC1. The van der Waals surface area contributed by atoms with Crippen LogP contribution in [0.5, 0.6) is 0 Å². The molecule has 1 aromatic heterocycles. The van der Waals surface area contributed by atoms with Crippen LogP contribution >= 0.6 is 0 Å². The summed E-state index contributed by atoms with van der Waals surface area (Å²) in [5.74, 6) is 0.363. The van der Waals surface area contributed by atoms with Crippen LogP contribution in [0.25, 0.3) is 11.0 Å². The highest BCUT2D eigenvalue weighted by Gasteiger charge is 2.16. The van der Waals surface area contributed by atoms with Gasteiger partial charge in [0, 0.05) is 44.0 Å². The lowest BCUT2D eigenvalue weighted by Crippen LogP contribution is -2.33. The van der Waals surface area contributed by atoms with E-state index in [4.69, 9.17) is 0 Å². The Morgan fingerprint density at radius 1 is 1.00 bits per heavy atom. The minimum absolute atomic E-state index is 0.363. The van der Waals surface area contributed by atoms with E-state index in [1.165, 1.54) is 0 Å². The van der Waals surface area contributed by atoms with E-state index in [1.54, 1.807) is 12.4 Å². The minimum Gasteiger partial charge on any atom is -0.371 e. The predicted molar refractivity (Wildman–Crippen MR) is 66.0 cm³/mol. The van der Waals surface area contributed by atoms with Crippen LogP contribution in [0.2, 0.25) is 0 Å². The van der Waals surface area contributed by atoms with Crippen molar-refractivity contribution in [1.82, 2.24) is 9.97 Å². The Hall–Kier alpha value is -1.97. The standard InChI is InChI=1S/C13H13N3O/c17-11-3-7-16(8-4-11)10-1-2-12-13(9-10)15-6-5-14-12/h1-2,5-6,9H,3-4,7-8H2. The molecule has 0 N–H and O–H groups in total. The number of fused-ring (bicyclic) bond motifs is 1. The van der Waals surface area contributed by atoms with Crippen LogP contribution in [0.15, 0.2) is 30.6 Å². The summed E-state index contributed by atoms with van der Waals surface area (Å²) in [6, 6.07) is 6.07. The number of carbonyl (C=O) groups excluding carboxylic acids is 1. The van der Waals surface area contributed by atoms with Crippen molar-refractivity contribution in [2.75, 3.05) is 18.0 Å².